The molecule has 1 amide bonds. The molecule has 0 radical (unpaired) electrons. The van der Waals surface area contributed by atoms with Crippen LogP contribution in [0, 0.1) is 6.92 Å². The van der Waals surface area contributed by atoms with Crippen LogP contribution < -0.4 is 5.32 Å². The number of amides is 1. The second-order valence-corrected chi connectivity index (χ2v) is 7.33. The van der Waals surface area contributed by atoms with Crippen molar-refractivity contribution in [2.75, 3.05) is 5.32 Å². The first kappa shape index (κ1) is 17.7. The van der Waals surface area contributed by atoms with Gasteiger partial charge in [0.1, 0.15) is 10.4 Å². The third-order valence-electron chi connectivity index (χ3n) is 3.48. The van der Waals surface area contributed by atoms with Gasteiger partial charge in [-0.1, -0.05) is 44.7 Å². The summed E-state index contributed by atoms with van der Waals surface area (Å²) in [4.78, 5) is 25.1. The van der Waals surface area contributed by atoms with Crippen molar-refractivity contribution in [2.24, 2.45) is 0 Å². The molecule has 0 aliphatic carbocycles. The monoisotopic (exact) mass is 437 g/mol. The quantitative estimate of drug-likeness (QED) is 0.576. The maximum absolute atomic E-state index is 12.3. The van der Waals surface area contributed by atoms with Crippen molar-refractivity contribution < 1.29 is 14.7 Å². The minimum atomic E-state index is -1.09. The minimum Gasteiger partial charge on any atom is -0.478 e. The van der Waals surface area contributed by atoms with Crippen molar-refractivity contribution >= 4 is 56.4 Å². The predicted octanol–water partition coefficient (Wildman–Crippen LogP) is 4.42. The molecule has 0 fully saturated rings. The number of nitrogens with one attached hydrogen (secondary N) is 1. The fraction of sp³-hybridized carbons (Fsp3) is 0.125. The van der Waals surface area contributed by atoms with Crippen LogP contribution in [-0.4, -0.2) is 26.6 Å². The minimum absolute atomic E-state index is 0.0834. The lowest BCUT2D eigenvalue weighted by Crippen LogP contribution is -2.13. The van der Waals surface area contributed by atoms with E-state index in [-0.39, 0.29) is 11.3 Å². The first-order valence-electron chi connectivity index (χ1n) is 7.11. The fourth-order valence-corrected chi connectivity index (χ4v) is 4.16. The Balaban J connectivity index is 1.96. The van der Waals surface area contributed by atoms with Crippen LogP contribution in [-0.2, 0) is 5.33 Å². The highest BCUT2D eigenvalue weighted by molar-refractivity contribution is 9.08. The van der Waals surface area contributed by atoms with Gasteiger partial charge in [0.15, 0.2) is 0 Å². The standard InChI is InChI=1S/C16H12BrN3O3S2/c1-8-13(25-20-19-8)15(21)18-11-7-24-14(12(11)16(22)23)10-4-2-9(6-17)3-5-10/h2-5,7H,6H2,1H3,(H,18,21)(H,22,23). The van der Waals surface area contributed by atoms with Gasteiger partial charge in [-0.2, -0.15) is 0 Å². The summed E-state index contributed by atoms with van der Waals surface area (Å²) in [7, 11) is 0. The molecule has 0 bridgehead atoms. The van der Waals surface area contributed by atoms with E-state index >= 15 is 0 Å². The summed E-state index contributed by atoms with van der Waals surface area (Å²) in [5.74, 6) is -1.50. The molecule has 1 aromatic carbocycles. The molecule has 2 aromatic heterocycles. The van der Waals surface area contributed by atoms with Crippen molar-refractivity contribution in [2.45, 2.75) is 12.3 Å². The summed E-state index contributed by atoms with van der Waals surface area (Å²) < 4.78 is 3.72. The second kappa shape index (κ2) is 7.42. The topological polar surface area (TPSA) is 92.2 Å². The zero-order chi connectivity index (χ0) is 18.0. The molecular weight excluding hydrogens is 426 g/mol. The second-order valence-electron chi connectivity index (χ2n) is 5.13. The van der Waals surface area contributed by atoms with Crippen LogP contribution in [0.15, 0.2) is 29.6 Å². The van der Waals surface area contributed by atoms with E-state index in [1.807, 2.05) is 24.3 Å². The summed E-state index contributed by atoms with van der Waals surface area (Å²) in [5.41, 5.74) is 2.76. The van der Waals surface area contributed by atoms with Gasteiger partial charge in [-0.05, 0) is 29.6 Å². The Morgan fingerprint density at radius 3 is 2.56 bits per heavy atom. The number of carbonyl (C=O) groups excluding carboxylic acids is 1. The average molecular weight is 438 g/mol. The lowest BCUT2D eigenvalue weighted by Gasteiger charge is -2.06. The van der Waals surface area contributed by atoms with Crippen molar-refractivity contribution in [1.29, 1.82) is 0 Å². The lowest BCUT2D eigenvalue weighted by molar-refractivity contribution is 0.0699. The van der Waals surface area contributed by atoms with Crippen LogP contribution in [0.25, 0.3) is 10.4 Å². The predicted molar refractivity (Wildman–Crippen MR) is 102 cm³/mol. The van der Waals surface area contributed by atoms with Crippen LogP contribution >= 0.6 is 38.8 Å². The van der Waals surface area contributed by atoms with Crippen LogP contribution in [0.5, 0.6) is 0 Å². The van der Waals surface area contributed by atoms with Crippen molar-refractivity contribution in [3.8, 4) is 10.4 Å². The molecule has 0 spiro atoms. The molecule has 3 rings (SSSR count). The molecule has 3 aromatic rings. The van der Waals surface area contributed by atoms with Crippen LogP contribution in [0.4, 0.5) is 5.69 Å². The third-order valence-corrected chi connectivity index (χ3v) is 5.98. The fourth-order valence-electron chi connectivity index (χ4n) is 2.24. The molecule has 0 saturated carbocycles. The molecule has 0 atom stereocenters. The van der Waals surface area contributed by atoms with Gasteiger partial charge in [0.2, 0.25) is 0 Å². The Kier molecular flexibility index (Phi) is 5.26. The molecule has 25 heavy (non-hydrogen) atoms. The zero-order valence-electron chi connectivity index (χ0n) is 12.9. The number of nitrogens with zero attached hydrogens (tertiary/aromatic N) is 2. The zero-order valence-corrected chi connectivity index (χ0v) is 16.2. The number of carbonyl (C=O) groups is 2. The van der Waals surface area contributed by atoms with E-state index < -0.39 is 11.9 Å². The third kappa shape index (κ3) is 3.63. The Morgan fingerprint density at radius 2 is 2.00 bits per heavy atom. The molecule has 6 nitrogen and oxygen atoms in total. The summed E-state index contributed by atoms with van der Waals surface area (Å²) >= 11 is 5.64. The molecule has 128 valence electrons. The van der Waals surface area contributed by atoms with E-state index in [0.29, 0.717) is 15.4 Å². The SMILES string of the molecule is Cc1nnsc1C(=O)Nc1csc(-c2ccc(CBr)cc2)c1C(=O)O. The molecule has 0 aliphatic rings. The van der Waals surface area contributed by atoms with Gasteiger partial charge in [0.25, 0.3) is 5.91 Å². The highest BCUT2D eigenvalue weighted by Crippen LogP contribution is 2.36. The van der Waals surface area contributed by atoms with Crippen LogP contribution in [0.1, 0.15) is 31.3 Å². The number of aromatic carboxylic acids is 1. The molecule has 0 saturated heterocycles. The molecule has 2 N–H and O–H groups in total. The largest absolute Gasteiger partial charge is 0.478 e. The number of rotatable bonds is 5. The summed E-state index contributed by atoms with van der Waals surface area (Å²) in [5, 5.41) is 18.4. The number of anilines is 1. The number of aromatic nitrogens is 2. The van der Waals surface area contributed by atoms with Crippen LogP contribution in [0.3, 0.4) is 0 Å². The van der Waals surface area contributed by atoms with E-state index in [2.05, 4.69) is 30.8 Å². The first-order valence-corrected chi connectivity index (χ1v) is 9.89. The molecule has 9 heteroatoms. The number of carboxylic acid groups (broad SMARTS) is 1. The van der Waals surface area contributed by atoms with Crippen LogP contribution in [0.2, 0.25) is 0 Å². The van der Waals surface area contributed by atoms with Gasteiger partial charge in [0, 0.05) is 10.7 Å². The highest BCUT2D eigenvalue weighted by Gasteiger charge is 2.22. The normalized spacial score (nSPS) is 10.6. The number of thiophene rings is 1. The maximum Gasteiger partial charge on any atom is 0.339 e. The number of aryl methyl sites for hydroxylation is 1. The number of carboxylic acids is 1. The van der Waals surface area contributed by atoms with Gasteiger partial charge < -0.3 is 10.4 Å². The van der Waals surface area contributed by atoms with Gasteiger partial charge >= 0.3 is 5.97 Å². The number of alkyl halides is 1. The van der Waals surface area contributed by atoms with Gasteiger partial charge in [-0.25, -0.2) is 4.79 Å². The van der Waals surface area contributed by atoms with E-state index in [0.717, 1.165) is 28.0 Å². The first-order chi connectivity index (χ1) is 12.0. The van der Waals surface area contributed by atoms with E-state index in [1.165, 1.54) is 11.3 Å². The molecule has 2 heterocycles. The van der Waals surface area contributed by atoms with Gasteiger partial charge in [-0.3, -0.25) is 4.79 Å². The molecule has 0 unspecified atom stereocenters. The van der Waals surface area contributed by atoms with Crippen molar-refractivity contribution in [1.82, 2.24) is 9.59 Å². The number of benzene rings is 1. The summed E-state index contributed by atoms with van der Waals surface area (Å²) in [6.45, 7) is 1.68. The Morgan fingerprint density at radius 1 is 1.28 bits per heavy atom. The van der Waals surface area contributed by atoms with E-state index in [9.17, 15) is 14.7 Å². The average Bonchev–Trinajstić information content (AvgIpc) is 3.21. The molecule has 0 aliphatic heterocycles. The summed E-state index contributed by atoms with van der Waals surface area (Å²) in [6.07, 6.45) is 0. The summed E-state index contributed by atoms with van der Waals surface area (Å²) in [6, 6.07) is 7.61. The number of hydrogen-bond donors (Lipinski definition) is 2. The van der Waals surface area contributed by atoms with E-state index in [4.69, 9.17) is 0 Å². The Bertz CT molecular complexity index is 935. The van der Waals surface area contributed by atoms with Gasteiger partial charge in [-0.15, -0.1) is 16.4 Å². The highest BCUT2D eigenvalue weighted by atomic mass is 79.9. The number of hydrogen-bond acceptors (Lipinski definition) is 6. The Labute approximate surface area is 159 Å². The van der Waals surface area contributed by atoms with E-state index in [1.54, 1.807) is 12.3 Å². The molecular formula is C16H12BrN3O3S2. The number of halogens is 1. The van der Waals surface area contributed by atoms with Gasteiger partial charge in [0.05, 0.1) is 16.3 Å². The maximum atomic E-state index is 12.3. The lowest BCUT2D eigenvalue weighted by atomic mass is 10.1. The smallest absolute Gasteiger partial charge is 0.339 e. The van der Waals surface area contributed by atoms with Crippen molar-refractivity contribution in [3.05, 3.63) is 51.3 Å². The van der Waals surface area contributed by atoms with Crippen molar-refractivity contribution in [3.63, 3.8) is 0 Å². The Hall–Kier alpha value is -2.10.